The molecule has 0 saturated carbocycles. The zero-order valence-electron chi connectivity index (χ0n) is 14.9. The van der Waals surface area contributed by atoms with Crippen LogP contribution < -0.4 is 4.90 Å². The summed E-state index contributed by atoms with van der Waals surface area (Å²) in [6.45, 7) is 1.90. The van der Waals surface area contributed by atoms with E-state index in [1.54, 1.807) is 35.2 Å². The van der Waals surface area contributed by atoms with Gasteiger partial charge in [-0.25, -0.2) is 4.39 Å². The predicted molar refractivity (Wildman–Crippen MR) is 105 cm³/mol. The molecule has 3 amide bonds. The van der Waals surface area contributed by atoms with E-state index in [4.69, 9.17) is 0 Å². The standard InChI is InChI=1S/C20H17BrFN3O3/c21-13-1-6-16-17(11-13)20(28)25(19(16)27)12-18(26)24-9-7-23(8-10-24)15-4-2-14(22)3-5-15/h1-6,11H,7-10,12H2. The summed E-state index contributed by atoms with van der Waals surface area (Å²) in [5.74, 6) is -1.43. The molecule has 1 saturated heterocycles. The Balaban J connectivity index is 1.38. The van der Waals surface area contributed by atoms with Crippen LogP contribution in [0, 0.1) is 5.82 Å². The van der Waals surface area contributed by atoms with Crippen molar-refractivity contribution in [2.24, 2.45) is 0 Å². The first kappa shape index (κ1) is 18.6. The Morgan fingerprint density at radius 3 is 2.25 bits per heavy atom. The minimum atomic E-state index is -0.445. The third kappa shape index (κ3) is 3.40. The van der Waals surface area contributed by atoms with Gasteiger partial charge < -0.3 is 9.80 Å². The van der Waals surface area contributed by atoms with E-state index < -0.39 is 11.8 Å². The average Bonchev–Trinajstić information content (AvgIpc) is 2.93. The van der Waals surface area contributed by atoms with E-state index in [0.717, 1.165) is 10.6 Å². The van der Waals surface area contributed by atoms with Crippen molar-refractivity contribution in [1.29, 1.82) is 0 Å². The maximum absolute atomic E-state index is 13.1. The fourth-order valence-corrected chi connectivity index (χ4v) is 3.87. The highest BCUT2D eigenvalue weighted by Crippen LogP contribution is 2.26. The SMILES string of the molecule is O=C(CN1C(=O)c2ccc(Br)cc2C1=O)N1CCN(c2ccc(F)cc2)CC1. The second kappa shape index (κ2) is 7.35. The number of amides is 3. The van der Waals surface area contributed by atoms with Gasteiger partial charge in [-0.1, -0.05) is 15.9 Å². The van der Waals surface area contributed by atoms with Crippen molar-refractivity contribution < 1.29 is 18.8 Å². The molecule has 0 N–H and O–H groups in total. The quantitative estimate of drug-likeness (QED) is 0.681. The Hall–Kier alpha value is -2.74. The fraction of sp³-hybridized carbons (Fsp3) is 0.250. The van der Waals surface area contributed by atoms with Crippen molar-refractivity contribution in [3.05, 3.63) is 63.9 Å². The highest BCUT2D eigenvalue weighted by Gasteiger charge is 2.37. The van der Waals surface area contributed by atoms with Crippen molar-refractivity contribution in [3.8, 4) is 0 Å². The van der Waals surface area contributed by atoms with Gasteiger partial charge in [0.05, 0.1) is 11.1 Å². The summed E-state index contributed by atoms with van der Waals surface area (Å²) in [6, 6.07) is 11.1. The van der Waals surface area contributed by atoms with Crippen molar-refractivity contribution in [2.45, 2.75) is 0 Å². The van der Waals surface area contributed by atoms with E-state index in [9.17, 15) is 18.8 Å². The molecule has 2 aliphatic heterocycles. The Morgan fingerprint density at radius 1 is 0.929 bits per heavy atom. The lowest BCUT2D eigenvalue weighted by molar-refractivity contribution is -0.131. The van der Waals surface area contributed by atoms with Crippen molar-refractivity contribution in [3.63, 3.8) is 0 Å². The smallest absolute Gasteiger partial charge is 0.262 e. The molecule has 144 valence electrons. The highest BCUT2D eigenvalue weighted by molar-refractivity contribution is 9.10. The van der Waals surface area contributed by atoms with Crippen LogP contribution in [-0.2, 0) is 4.79 Å². The molecule has 4 rings (SSSR count). The van der Waals surface area contributed by atoms with E-state index >= 15 is 0 Å². The number of carbonyl (C=O) groups is 3. The van der Waals surface area contributed by atoms with Crippen LogP contribution in [0.4, 0.5) is 10.1 Å². The van der Waals surface area contributed by atoms with Crippen LogP contribution >= 0.6 is 15.9 Å². The molecular weight excluding hydrogens is 429 g/mol. The molecule has 0 unspecified atom stereocenters. The topological polar surface area (TPSA) is 60.9 Å². The Labute approximate surface area is 169 Å². The third-order valence-corrected chi connectivity index (χ3v) is 5.54. The molecule has 28 heavy (non-hydrogen) atoms. The van der Waals surface area contributed by atoms with Crippen LogP contribution in [0.15, 0.2) is 46.9 Å². The minimum Gasteiger partial charge on any atom is -0.368 e. The fourth-order valence-electron chi connectivity index (χ4n) is 3.51. The number of nitrogens with zero attached hydrogens (tertiary/aromatic N) is 3. The second-order valence-corrected chi connectivity index (χ2v) is 7.65. The zero-order valence-corrected chi connectivity index (χ0v) is 16.5. The summed E-state index contributed by atoms with van der Waals surface area (Å²) in [5.41, 5.74) is 1.54. The van der Waals surface area contributed by atoms with Gasteiger partial charge in [0.25, 0.3) is 11.8 Å². The van der Waals surface area contributed by atoms with Gasteiger partial charge in [-0.3, -0.25) is 19.3 Å². The number of piperazine rings is 1. The van der Waals surface area contributed by atoms with Gasteiger partial charge in [0.2, 0.25) is 5.91 Å². The number of fused-ring (bicyclic) bond motifs is 1. The van der Waals surface area contributed by atoms with Gasteiger partial charge in [-0.15, -0.1) is 0 Å². The molecular formula is C20H17BrFN3O3. The average molecular weight is 446 g/mol. The second-order valence-electron chi connectivity index (χ2n) is 6.73. The summed E-state index contributed by atoms with van der Waals surface area (Å²) in [5, 5.41) is 0. The summed E-state index contributed by atoms with van der Waals surface area (Å²) in [7, 11) is 0. The normalized spacial score (nSPS) is 16.6. The summed E-state index contributed by atoms with van der Waals surface area (Å²) < 4.78 is 13.8. The van der Waals surface area contributed by atoms with E-state index in [-0.39, 0.29) is 18.3 Å². The van der Waals surface area contributed by atoms with E-state index in [2.05, 4.69) is 20.8 Å². The van der Waals surface area contributed by atoms with Gasteiger partial charge in [0, 0.05) is 36.3 Å². The number of hydrogen-bond acceptors (Lipinski definition) is 4. The lowest BCUT2D eigenvalue weighted by Gasteiger charge is -2.36. The molecule has 2 heterocycles. The van der Waals surface area contributed by atoms with Crippen LogP contribution in [0.3, 0.4) is 0 Å². The van der Waals surface area contributed by atoms with Gasteiger partial charge in [-0.05, 0) is 42.5 Å². The number of halogens is 2. The van der Waals surface area contributed by atoms with E-state index in [1.165, 1.54) is 12.1 Å². The Kier molecular flexibility index (Phi) is 4.89. The van der Waals surface area contributed by atoms with Gasteiger partial charge in [0.1, 0.15) is 12.4 Å². The molecule has 8 heteroatoms. The number of anilines is 1. The highest BCUT2D eigenvalue weighted by atomic mass is 79.9. The molecule has 0 atom stereocenters. The molecule has 6 nitrogen and oxygen atoms in total. The van der Waals surface area contributed by atoms with Crippen molar-refractivity contribution in [2.75, 3.05) is 37.6 Å². The lowest BCUT2D eigenvalue weighted by atomic mass is 10.1. The minimum absolute atomic E-state index is 0.257. The van der Waals surface area contributed by atoms with Gasteiger partial charge in [-0.2, -0.15) is 0 Å². The number of benzene rings is 2. The van der Waals surface area contributed by atoms with Crippen LogP contribution in [-0.4, -0.2) is 60.2 Å². The zero-order chi connectivity index (χ0) is 19.8. The summed E-state index contributed by atoms with van der Waals surface area (Å²) >= 11 is 3.29. The predicted octanol–water partition coefficient (Wildman–Crippen LogP) is 2.53. The lowest BCUT2D eigenvalue weighted by Crippen LogP contribution is -2.51. The molecule has 0 aromatic heterocycles. The number of rotatable bonds is 3. The van der Waals surface area contributed by atoms with Crippen LogP contribution in [0.25, 0.3) is 0 Å². The van der Waals surface area contributed by atoms with Crippen LogP contribution in [0.5, 0.6) is 0 Å². The third-order valence-electron chi connectivity index (χ3n) is 5.05. The molecule has 0 radical (unpaired) electrons. The molecule has 0 bridgehead atoms. The molecule has 0 aliphatic carbocycles. The van der Waals surface area contributed by atoms with Gasteiger partial charge >= 0.3 is 0 Å². The first-order chi connectivity index (χ1) is 13.4. The van der Waals surface area contributed by atoms with Crippen molar-refractivity contribution in [1.82, 2.24) is 9.80 Å². The number of carbonyl (C=O) groups excluding carboxylic acids is 3. The van der Waals surface area contributed by atoms with Crippen LogP contribution in [0.2, 0.25) is 0 Å². The number of hydrogen-bond donors (Lipinski definition) is 0. The maximum Gasteiger partial charge on any atom is 0.262 e. The monoisotopic (exact) mass is 445 g/mol. The molecule has 0 spiro atoms. The Bertz CT molecular complexity index is 956. The molecule has 2 aliphatic rings. The van der Waals surface area contributed by atoms with E-state index in [0.29, 0.717) is 41.8 Å². The summed E-state index contributed by atoms with van der Waals surface area (Å²) in [4.78, 5) is 42.4. The van der Waals surface area contributed by atoms with Crippen molar-refractivity contribution >= 4 is 39.3 Å². The largest absolute Gasteiger partial charge is 0.368 e. The summed E-state index contributed by atoms with van der Waals surface area (Å²) in [6.07, 6.45) is 0. The Morgan fingerprint density at radius 2 is 1.57 bits per heavy atom. The maximum atomic E-state index is 13.1. The first-order valence-corrected chi connectivity index (χ1v) is 9.67. The molecule has 1 fully saturated rings. The van der Waals surface area contributed by atoms with E-state index in [1.807, 2.05) is 0 Å². The molecule has 2 aromatic carbocycles. The number of imide groups is 1. The first-order valence-electron chi connectivity index (χ1n) is 8.88. The molecule has 2 aromatic rings. The van der Waals surface area contributed by atoms with Gasteiger partial charge in [0.15, 0.2) is 0 Å². The van der Waals surface area contributed by atoms with Crippen LogP contribution in [0.1, 0.15) is 20.7 Å².